The molecule has 1 aromatic heterocycles. The molecule has 108 valence electrons. The SMILES string of the molecule is Cc1cc(CNc2cc(C(F)(F)F)ccc2C)c(C)s1. The van der Waals surface area contributed by atoms with Crippen LogP contribution in [0.2, 0.25) is 0 Å². The molecule has 2 aromatic rings. The lowest BCUT2D eigenvalue weighted by Crippen LogP contribution is -2.07. The van der Waals surface area contributed by atoms with Gasteiger partial charge in [-0.1, -0.05) is 6.07 Å². The topological polar surface area (TPSA) is 12.0 Å². The second kappa shape index (κ2) is 5.48. The third-order valence-corrected chi connectivity index (χ3v) is 4.19. The van der Waals surface area contributed by atoms with Gasteiger partial charge in [0.1, 0.15) is 0 Å². The molecule has 0 spiro atoms. The van der Waals surface area contributed by atoms with Crippen molar-refractivity contribution in [3.63, 3.8) is 0 Å². The van der Waals surface area contributed by atoms with Crippen LogP contribution in [0.5, 0.6) is 0 Å². The Morgan fingerprint density at radius 1 is 1.10 bits per heavy atom. The summed E-state index contributed by atoms with van der Waals surface area (Å²) < 4.78 is 38.1. The molecule has 5 heteroatoms. The maximum absolute atomic E-state index is 12.7. The Kier molecular flexibility index (Phi) is 4.09. The lowest BCUT2D eigenvalue weighted by atomic mass is 10.1. The standard InChI is InChI=1S/C15H16F3NS/c1-9-4-5-13(15(16,17)18)7-14(9)19-8-12-6-10(2)20-11(12)3/h4-7,19H,8H2,1-3H3. The lowest BCUT2D eigenvalue weighted by molar-refractivity contribution is -0.137. The minimum atomic E-state index is -4.31. The first kappa shape index (κ1) is 14.9. The van der Waals surface area contributed by atoms with Crippen LogP contribution >= 0.6 is 11.3 Å². The van der Waals surface area contributed by atoms with E-state index < -0.39 is 11.7 Å². The van der Waals surface area contributed by atoms with Gasteiger partial charge >= 0.3 is 6.18 Å². The fraction of sp³-hybridized carbons (Fsp3) is 0.333. The highest BCUT2D eigenvalue weighted by molar-refractivity contribution is 7.12. The summed E-state index contributed by atoms with van der Waals surface area (Å²) in [5, 5.41) is 3.10. The fourth-order valence-corrected chi connectivity index (χ4v) is 2.98. The number of hydrogen-bond donors (Lipinski definition) is 1. The highest BCUT2D eigenvalue weighted by Gasteiger charge is 2.30. The van der Waals surface area contributed by atoms with Crippen molar-refractivity contribution < 1.29 is 13.2 Å². The summed E-state index contributed by atoms with van der Waals surface area (Å²) in [5.74, 6) is 0. The molecule has 0 aliphatic carbocycles. The largest absolute Gasteiger partial charge is 0.416 e. The fourth-order valence-electron chi connectivity index (χ4n) is 2.04. The van der Waals surface area contributed by atoms with E-state index in [1.807, 2.05) is 13.8 Å². The number of anilines is 1. The molecule has 1 heterocycles. The highest BCUT2D eigenvalue weighted by atomic mass is 32.1. The van der Waals surface area contributed by atoms with Crippen molar-refractivity contribution in [1.29, 1.82) is 0 Å². The number of alkyl halides is 3. The van der Waals surface area contributed by atoms with Crippen LogP contribution in [0.1, 0.15) is 26.4 Å². The number of hydrogen-bond acceptors (Lipinski definition) is 2. The van der Waals surface area contributed by atoms with Crippen molar-refractivity contribution >= 4 is 17.0 Å². The van der Waals surface area contributed by atoms with E-state index in [1.54, 1.807) is 18.3 Å². The van der Waals surface area contributed by atoms with Gasteiger partial charge in [0, 0.05) is 22.0 Å². The van der Waals surface area contributed by atoms with Gasteiger partial charge in [-0.05, 0) is 50.1 Å². The van der Waals surface area contributed by atoms with Crippen LogP contribution in [0.4, 0.5) is 18.9 Å². The average Bonchev–Trinajstić information content (AvgIpc) is 2.65. The van der Waals surface area contributed by atoms with Crippen LogP contribution < -0.4 is 5.32 Å². The van der Waals surface area contributed by atoms with Crippen molar-refractivity contribution in [1.82, 2.24) is 0 Å². The zero-order valence-corrected chi connectivity index (χ0v) is 12.4. The molecule has 1 aromatic carbocycles. The van der Waals surface area contributed by atoms with Gasteiger partial charge in [0.2, 0.25) is 0 Å². The number of halogens is 3. The molecule has 0 saturated heterocycles. The molecule has 0 unspecified atom stereocenters. The van der Waals surface area contributed by atoms with E-state index in [0.717, 1.165) is 17.2 Å². The van der Waals surface area contributed by atoms with E-state index in [1.165, 1.54) is 21.9 Å². The molecule has 0 atom stereocenters. The molecule has 1 nitrogen and oxygen atoms in total. The van der Waals surface area contributed by atoms with Gasteiger partial charge < -0.3 is 5.32 Å². The smallest absolute Gasteiger partial charge is 0.381 e. The zero-order chi connectivity index (χ0) is 14.9. The maximum atomic E-state index is 12.7. The van der Waals surface area contributed by atoms with E-state index in [-0.39, 0.29) is 0 Å². The van der Waals surface area contributed by atoms with Gasteiger partial charge in [0.05, 0.1) is 5.56 Å². The molecule has 0 saturated carbocycles. The van der Waals surface area contributed by atoms with Gasteiger partial charge in [-0.15, -0.1) is 11.3 Å². The van der Waals surface area contributed by atoms with E-state index in [2.05, 4.69) is 11.4 Å². The van der Waals surface area contributed by atoms with Crippen molar-refractivity contribution in [2.24, 2.45) is 0 Å². The second-order valence-corrected chi connectivity index (χ2v) is 6.28. The van der Waals surface area contributed by atoms with Gasteiger partial charge in [-0.2, -0.15) is 13.2 Å². The predicted molar refractivity (Wildman–Crippen MR) is 77.3 cm³/mol. The number of benzene rings is 1. The first-order valence-corrected chi connectivity index (χ1v) is 7.06. The number of rotatable bonds is 3. The monoisotopic (exact) mass is 299 g/mol. The van der Waals surface area contributed by atoms with E-state index in [9.17, 15) is 13.2 Å². The Balaban J connectivity index is 2.19. The molecular formula is C15H16F3NS. The third-order valence-electron chi connectivity index (χ3n) is 3.18. The quantitative estimate of drug-likeness (QED) is 0.810. The van der Waals surface area contributed by atoms with Gasteiger partial charge in [-0.25, -0.2) is 0 Å². The van der Waals surface area contributed by atoms with Gasteiger partial charge in [0.15, 0.2) is 0 Å². The highest BCUT2D eigenvalue weighted by Crippen LogP contribution is 2.32. The summed E-state index contributed by atoms with van der Waals surface area (Å²) in [6.45, 7) is 6.39. The maximum Gasteiger partial charge on any atom is 0.416 e. The Hall–Kier alpha value is -1.49. The number of thiophene rings is 1. The van der Waals surface area contributed by atoms with Crippen LogP contribution in [-0.2, 0) is 12.7 Å². The summed E-state index contributed by atoms with van der Waals surface area (Å²) >= 11 is 1.70. The summed E-state index contributed by atoms with van der Waals surface area (Å²) in [4.78, 5) is 2.40. The lowest BCUT2D eigenvalue weighted by Gasteiger charge is -2.13. The van der Waals surface area contributed by atoms with Crippen molar-refractivity contribution in [3.05, 3.63) is 50.7 Å². The van der Waals surface area contributed by atoms with Crippen LogP contribution in [0.15, 0.2) is 24.3 Å². The average molecular weight is 299 g/mol. The first-order valence-electron chi connectivity index (χ1n) is 6.25. The first-order chi connectivity index (χ1) is 9.27. The summed E-state index contributed by atoms with van der Waals surface area (Å²) in [7, 11) is 0. The molecule has 0 fully saturated rings. The molecule has 0 radical (unpaired) electrons. The normalized spacial score (nSPS) is 11.7. The summed E-state index contributed by atoms with van der Waals surface area (Å²) in [6.07, 6.45) is -4.31. The van der Waals surface area contributed by atoms with E-state index in [4.69, 9.17) is 0 Å². The molecule has 0 aliphatic rings. The summed E-state index contributed by atoms with van der Waals surface area (Å²) in [6, 6.07) is 5.84. The molecule has 0 bridgehead atoms. The number of aryl methyl sites for hydroxylation is 3. The van der Waals surface area contributed by atoms with Crippen molar-refractivity contribution in [3.8, 4) is 0 Å². The van der Waals surface area contributed by atoms with Crippen molar-refractivity contribution in [2.45, 2.75) is 33.5 Å². The Morgan fingerprint density at radius 3 is 2.35 bits per heavy atom. The van der Waals surface area contributed by atoms with Gasteiger partial charge in [-0.3, -0.25) is 0 Å². The van der Waals surface area contributed by atoms with Crippen molar-refractivity contribution in [2.75, 3.05) is 5.32 Å². The molecular weight excluding hydrogens is 283 g/mol. The Morgan fingerprint density at radius 2 is 1.80 bits per heavy atom. The molecule has 2 rings (SSSR count). The van der Waals surface area contributed by atoms with Gasteiger partial charge in [0.25, 0.3) is 0 Å². The molecule has 20 heavy (non-hydrogen) atoms. The van der Waals surface area contributed by atoms with E-state index in [0.29, 0.717) is 12.2 Å². The van der Waals surface area contributed by atoms with Crippen LogP contribution in [-0.4, -0.2) is 0 Å². The summed E-state index contributed by atoms with van der Waals surface area (Å²) in [5.41, 5.74) is 1.85. The van der Waals surface area contributed by atoms with Crippen LogP contribution in [0, 0.1) is 20.8 Å². The van der Waals surface area contributed by atoms with E-state index >= 15 is 0 Å². The third kappa shape index (κ3) is 3.33. The van der Waals surface area contributed by atoms with Crippen LogP contribution in [0.3, 0.4) is 0 Å². The predicted octanol–water partition coefficient (Wildman–Crippen LogP) is 5.30. The molecule has 1 N–H and O–H groups in total. The molecule has 0 amide bonds. The minimum absolute atomic E-state index is 0.531. The zero-order valence-electron chi connectivity index (χ0n) is 11.6. The molecule has 0 aliphatic heterocycles. The minimum Gasteiger partial charge on any atom is -0.381 e. The Labute approximate surface area is 120 Å². The second-order valence-electron chi connectivity index (χ2n) is 4.82. The van der Waals surface area contributed by atoms with Crippen LogP contribution in [0.25, 0.3) is 0 Å². The number of nitrogens with one attached hydrogen (secondary N) is 1. The Bertz CT molecular complexity index is 614.